The number of carbonyl (C=O) groups is 1. The quantitative estimate of drug-likeness (QED) is 0.259. The lowest BCUT2D eigenvalue weighted by atomic mass is 10.1. The van der Waals surface area contributed by atoms with Gasteiger partial charge in [-0.1, -0.05) is 84.4 Å². The molecule has 0 aliphatic rings. The second kappa shape index (κ2) is 11.4. The van der Waals surface area contributed by atoms with Gasteiger partial charge in [-0.3, -0.25) is 4.79 Å². The van der Waals surface area contributed by atoms with Gasteiger partial charge in [-0.25, -0.2) is 0 Å². The molecule has 2 nitrogen and oxygen atoms in total. The van der Waals surface area contributed by atoms with E-state index < -0.39 is 8.07 Å². The van der Waals surface area contributed by atoms with Gasteiger partial charge in [0.15, 0.2) is 0 Å². The number of carbonyl (C=O) groups excluding carboxylic acids is 1. The SMILES string of the molecule is CCCCCCCCCCC(CC(=O)OC)[Si](C)(C)C. The molecule has 0 saturated carbocycles. The summed E-state index contributed by atoms with van der Waals surface area (Å²) in [7, 11) is 0.247. The number of methoxy groups -OCH3 is 1. The lowest BCUT2D eigenvalue weighted by Gasteiger charge is -2.28. The van der Waals surface area contributed by atoms with Crippen LogP contribution in [-0.2, 0) is 9.53 Å². The fourth-order valence-electron chi connectivity index (χ4n) is 2.65. The number of ether oxygens (including phenoxy) is 1. The minimum absolute atomic E-state index is 0.0306. The Morgan fingerprint density at radius 3 is 1.90 bits per heavy atom. The summed E-state index contributed by atoms with van der Waals surface area (Å²) in [5.41, 5.74) is 0.579. The Labute approximate surface area is 127 Å². The molecule has 0 spiro atoms. The number of esters is 1. The molecule has 3 heteroatoms. The van der Waals surface area contributed by atoms with Crippen molar-refractivity contribution in [3.05, 3.63) is 0 Å². The number of hydrogen-bond donors (Lipinski definition) is 0. The largest absolute Gasteiger partial charge is 0.469 e. The van der Waals surface area contributed by atoms with E-state index in [4.69, 9.17) is 4.74 Å². The molecule has 20 heavy (non-hydrogen) atoms. The summed E-state index contributed by atoms with van der Waals surface area (Å²) in [6, 6.07) is 0. The van der Waals surface area contributed by atoms with Gasteiger partial charge >= 0.3 is 5.97 Å². The topological polar surface area (TPSA) is 26.3 Å². The standard InChI is InChI=1S/C17H36O2Si/c1-6-7-8-9-10-11-12-13-14-16(20(3,4)5)15-17(18)19-2/h16H,6-15H2,1-5H3. The zero-order valence-corrected chi connectivity index (χ0v) is 15.5. The van der Waals surface area contributed by atoms with E-state index in [9.17, 15) is 4.79 Å². The molecule has 0 aromatic heterocycles. The van der Waals surface area contributed by atoms with Crippen molar-refractivity contribution >= 4 is 14.0 Å². The maximum Gasteiger partial charge on any atom is 0.305 e. The fourth-order valence-corrected chi connectivity index (χ4v) is 4.50. The van der Waals surface area contributed by atoms with Gasteiger partial charge in [0.25, 0.3) is 0 Å². The summed E-state index contributed by atoms with van der Waals surface area (Å²) in [4.78, 5) is 11.5. The van der Waals surface area contributed by atoms with Crippen LogP contribution in [0, 0.1) is 0 Å². The van der Waals surface area contributed by atoms with E-state index in [1.807, 2.05) is 0 Å². The molecule has 0 radical (unpaired) electrons. The maximum absolute atomic E-state index is 11.5. The Bertz CT molecular complexity index is 246. The Balaban J connectivity index is 3.78. The van der Waals surface area contributed by atoms with Crippen LogP contribution in [0.4, 0.5) is 0 Å². The Morgan fingerprint density at radius 2 is 1.45 bits per heavy atom. The van der Waals surface area contributed by atoms with Crippen LogP contribution in [0.25, 0.3) is 0 Å². The van der Waals surface area contributed by atoms with Crippen molar-refractivity contribution in [1.29, 1.82) is 0 Å². The van der Waals surface area contributed by atoms with E-state index in [1.165, 1.54) is 64.9 Å². The summed E-state index contributed by atoms with van der Waals surface area (Å²) < 4.78 is 4.84. The van der Waals surface area contributed by atoms with Gasteiger partial charge in [0.2, 0.25) is 0 Å². The van der Waals surface area contributed by atoms with E-state index >= 15 is 0 Å². The molecular weight excluding hydrogens is 264 g/mol. The molecule has 1 atom stereocenters. The first-order valence-electron chi connectivity index (χ1n) is 8.48. The minimum Gasteiger partial charge on any atom is -0.469 e. The molecular formula is C17H36O2Si. The Hall–Kier alpha value is -0.313. The predicted octanol–water partition coefficient (Wildman–Crippen LogP) is 5.79. The summed E-state index contributed by atoms with van der Waals surface area (Å²) >= 11 is 0. The second-order valence-corrected chi connectivity index (χ2v) is 12.7. The molecule has 0 amide bonds. The monoisotopic (exact) mass is 300 g/mol. The average molecular weight is 301 g/mol. The van der Waals surface area contributed by atoms with E-state index in [-0.39, 0.29) is 5.97 Å². The zero-order chi connectivity index (χ0) is 15.4. The second-order valence-electron chi connectivity index (χ2n) is 7.11. The third-order valence-corrected chi connectivity index (χ3v) is 7.21. The first-order chi connectivity index (χ1) is 9.41. The van der Waals surface area contributed by atoms with Crippen molar-refractivity contribution in [2.45, 2.75) is 96.3 Å². The van der Waals surface area contributed by atoms with Gasteiger partial charge in [-0.15, -0.1) is 0 Å². The highest BCUT2D eigenvalue weighted by atomic mass is 28.3. The lowest BCUT2D eigenvalue weighted by molar-refractivity contribution is -0.140. The van der Waals surface area contributed by atoms with Crippen LogP contribution in [-0.4, -0.2) is 21.2 Å². The van der Waals surface area contributed by atoms with Crippen molar-refractivity contribution in [1.82, 2.24) is 0 Å². The van der Waals surface area contributed by atoms with Crippen molar-refractivity contribution in [3.63, 3.8) is 0 Å². The summed E-state index contributed by atoms with van der Waals surface area (Å²) in [5, 5.41) is 0. The third-order valence-electron chi connectivity index (χ3n) is 4.27. The van der Waals surface area contributed by atoms with Gasteiger partial charge in [-0.05, 0) is 5.54 Å². The molecule has 1 unspecified atom stereocenters. The van der Waals surface area contributed by atoms with E-state index in [1.54, 1.807) is 0 Å². The molecule has 0 fully saturated rings. The smallest absolute Gasteiger partial charge is 0.305 e. The first kappa shape index (κ1) is 19.7. The molecule has 0 aliphatic carbocycles. The first-order valence-corrected chi connectivity index (χ1v) is 12.1. The van der Waals surface area contributed by atoms with E-state index in [0.717, 1.165) is 0 Å². The van der Waals surface area contributed by atoms with Gasteiger partial charge < -0.3 is 4.74 Å². The van der Waals surface area contributed by atoms with Crippen molar-refractivity contribution in [2.75, 3.05) is 7.11 Å². The molecule has 120 valence electrons. The van der Waals surface area contributed by atoms with Gasteiger partial charge in [-0.2, -0.15) is 0 Å². The summed E-state index contributed by atoms with van der Waals surface area (Å²) in [5.74, 6) is -0.0306. The Morgan fingerprint density at radius 1 is 0.950 bits per heavy atom. The normalized spacial score (nSPS) is 13.2. The van der Waals surface area contributed by atoms with Crippen molar-refractivity contribution in [3.8, 4) is 0 Å². The van der Waals surface area contributed by atoms with Crippen LogP contribution < -0.4 is 0 Å². The zero-order valence-electron chi connectivity index (χ0n) is 14.5. The number of unbranched alkanes of at least 4 members (excludes halogenated alkanes) is 7. The maximum atomic E-state index is 11.5. The highest BCUT2D eigenvalue weighted by Gasteiger charge is 2.28. The summed E-state index contributed by atoms with van der Waals surface area (Å²) in [6.07, 6.45) is 12.7. The van der Waals surface area contributed by atoms with Gasteiger partial charge in [0, 0.05) is 14.5 Å². The number of hydrogen-bond acceptors (Lipinski definition) is 2. The van der Waals surface area contributed by atoms with Crippen LogP contribution in [0.3, 0.4) is 0 Å². The Kier molecular flexibility index (Phi) is 11.2. The fraction of sp³-hybridized carbons (Fsp3) is 0.941. The number of rotatable bonds is 12. The van der Waals surface area contributed by atoms with Crippen LogP contribution >= 0.6 is 0 Å². The highest BCUT2D eigenvalue weighted by molar-refractivity contribution is 6.77. The molecule has 0 aliphatic heterocycles. The summed E-state index contributed by atoms with van der Waals surface area (Å²) in [6.45, 7) is 9.36. The van der Waals surface area contributed by atoms with Crippen LogP contribution in [0.1, 0.15) is 71.1 Å². The van der Waals surface area contributed by atoms with Crippen molar-refractivity contribution in [2.24, 2.45) is 0 Å². The van der Waals surface area contributed by atoms with Crippen LogP contribution in [0.5, 0.6) is 0 Å². The van der Waals surface area contributed by atoms with E-state index in [0.29, 0.717) is 12.0 Å². The molecule has 0 aromatic carbocycles. The average Bonchev–Trinajstić information content (AvgIpc) is 2.38. The van der Waals surface area contributed by atoms with Crippen LogP contribution in [0.2, 0.25) is 25.2 Å². The highest BCUT2D eigenvalue weighted by Crippen LogP contribution is 2.31. The van der Waals surface area contributed by atoms with Crippen molar-refractivity contribution < 1.29 is 9.53 Å². The van der Waals surface area contributed by atoms with E-state index in [2.05, 4.69) is 26.6 Å². The van der Waals surface area contributed by atoms with Gasteiger partial charge in [0.05, 0.1) is 7.11 Å². The van der Waals surface area contributed by atoms with Gasteiger partial charge in [0.1, 0.15) is 0 Å². The molecule has 0 saturated heterocycles. The molecule has 0 bridgehead atoms. The molecule has 0 aromatic rings. The predicted molar refractivity (Wildman–Crippen MR) is 91.0 cm³/mol. The lowest BCUT2D eigenvalue weighted by Crippen LogP contribution is -2.30. The molecule has 0 N–H and O–H groups in total. The molecule has 0 rings (SSSR count). The minimum atomic E-state index is -1.25. The third kappa shape index (κ3) is 10.5. The van der Waals surface area contributed by atoms with Crippen LogP contribution in [0.15, 0.2) is 0 Å². The molecule has 0 heterocycles.